The summed E-state index contributed by atoms with van der Waals surface area (Å²) < 4.78 is 11.4. The summed E-state index contributed by atoms with van der Waals surface area (Å²) in [7, 11) is 0. The van der Waals surface area contributed by atoms with Crippen LogP contribution in [0.25, 0.3) is 6.08 Å². The van der Waals surface area contributed by atoms with Gasteiger partial charge in [-0.3, -0.25) is 4.79 Å². The maximum absolute atomic E-state index is 12.1. The van der Waals surface area contributed by atoms with Crippen LogP contribution in [0.4, 0.5) is 0 Å². The van der Waals surface area contributed by atoms with Gasteiger partial charge in [0.2, 0.25) is 0 Å². The Hall–Kier alpha value is -2.48. The molecule has 1 aromatic carbocycles. The fraction of sp³-hybridized carbons (Fsp3) is 0.500. The summed E-state index contributed by atoms with van der Waals surface area (Å²) in [5.74, 6) is 0.976. The average Bonchev–Trinajstić information content (AvgIpc) is 2.63. The molecule has 0 radical (unpaired) electrons. The fourth-order valence-electron chi connectivity index (χ4n) is 2.06. The van der Waals surface area contributed by atoms with Gasteiger partial charge < -0.3 is 14.8 Å². The first kappa shape index (κ1) is 20.6. The molecular formula is C20H28N2O3. The van der Waals surface area contributed by atoms with E-state index >= 15 is 0 Å². The number of amides is 1. The molecule has 1 amide bonds. The van der Waals surface area contributed by atoms with Crippen LogP contribution in [0, 0.1) is 11.3 Å². The van der Waals surface area contributed by atoms with Crippen molar-refractivity contribution in [2.75, 3.05) is 19.8 Å². The number of hydrogen-bond acceptors (Lipinski definition) is 4. The first-order valence-corrected chi connectivity index (χ1v) is 8.95. The third-order valence-electron chi connectivity index (χ3n) is 3.40. The van der Waals surface area contributed by atoms with Gasteiger partial charge in [0.25, 0.3) is 5.91 Å². The van der Waals surface area contributed by atoms with Crippen LogP contribution in [-0.2, 0) is 4.79 Å². The van der Waals surface area contributed by atoms with Crippen molar-refractivity contribution in [2.45, 2.75) is 46.5 Å². The van der Waals surface area contributed by atoms with Crippen LogP contribution >= 0.6 is 0 Å². The lowest BCUT2D eigenvalue weighted by atomic mass is 10.1. The van der Waals surface area contributed by atoms with E-state index in [1.807, 2.05) is 39.0 Å². The first-order chi connectivity index (χ1) is 12.2. The second-order valence-corrected chi connectivity index (χ2v) is 5.68. The third-order valence-corrected chi connectivity index (χ3v) is 3.40. The molecule has 0 aliphatic heterocycles. The Morgan fingerprint density at radius 2 is 1.88 bits per heavy atom. The highest BCUT2D eigenvalue weighted by Gasteiger charge is 2.11. The predicted octanol–water partition coefficient (Wildman–Crippen LogP) is 4.09. The number of nitrogens with zero attached hydrogens (tertiary/aromatic N) is 1. The van der Waals surface area contributed by atoms with Gasteiger partial charge in [0, 0.05) is 18.2 Å². The summed E-state index contributed by atoms with van der Waals surface area (Å²) in [4.78, 5) is 12.1. The van der Waals surface area contributed by atoms with Gasteiger partial charge in [-0.15, -0.1) is 0 Å². The molecule has 0 aliphatic rings. The standard InChI is InChI=1S/C20H28N2O3/c1-4-7-10-22-20(23)17(15-21)13-16-8-9-18(24-11-5-2)14-19(16)25-12-6-3/h8-9,13-14H,4-7,10-12H2,1-3H3,(H,22,23)/b17-13+. The van der Waals surface area contributed by atoms with E-state index in [-0.39, 0.29) is 11.5 Å². The van der Waals surface area contributed by atoms with E-state index in [9.17, 15) is 10.1 Å². The maximum Gasteiger partial charge on any atom is 0.261 e. The highest BCUT2D eigenvalue weighted by molar-refractivity contribution is 6.02. The monoisotopic (exact) mass is 344 g/mol. The maximum atomic E-state index is 12.1. The summed E-state index contributed by atoms with van der Waals surface area (Å²) in [6.07, 6.45) is 5.23. The zero-order valence-corrected chi connectivity index (χ0v) is 15.4. The number of hydrogen-bond donors (Lipinski definition) is 1. The number of unbranched alkanes of at least 4 members (excludes halogenated alkanes) is 1. The van der Waals surface area contributed by atoms with Gasteiger partial charge in [0.1, 0.15) is 23.1 Å². The number of ether oxygens (including phenoxy) is 2. The van der Waals surface area contributed by atoms with Crippen LogP contribution in [0.2, 0.25) is 0 Å². The third kappa shape index (κ3) is 7.30. The Morgan fingerprint density at radius 3 is 2.52 bits per heavy atom. The molecule has 0 saturated heterocycles. The molecular weight excluding hydrogens is 316 g/mol. The van der Waals surface area contributed by atoms with E-state index in [0.717, 1.165) is 31.4 Å². The summed E-state index contributed by atoms with van der Waals surface area (Å²) in [6, 6.07) is 7.41. The molecule has 5 heteroatoms. The number of rotatable bonds is 11. The highest BCUT2D eigenvalue weighted by atomic mass is 16.5. The topological polar surface area (TPSA) is 71.4 Å². The van der Waals surface area contributed by atoms with E-state index in [0.29, 0.717) is 31.1 Å². The smallest absolute Gasteiger partial charge is 0.261 e. The zero-order chi connectivity index (χ0) is 18.5. The van der Waals surface area contributed by atoms with Crippen molar-refractivity contribution in [3.05, 3.63) is 29.3 Å². The van der Waals surface area contributed by atoms with Crippen molar-refractivity contribution in [2.24, 2.45) is 0 Å². The molecule has 0 unspecified atom stereocenters. The molecule has 0 fully saturated rings. The Bertz CT molecular complexity index is 618. The van der Waals surface area contributed by atoms with Gasteiger partial charge in [-0.1, -0.05) is 27.2 Å². The van der Waals surface area contributed by atoms with Gasteiger partial charge in [-0.25, -0.2) is 0 Å². The van der Waals surface area contributed by atoms with Crippen LogP contribution in [-0.4, -0.2) is 25.7 Å². The summed E-state index contributed by atoms with van der Waals surface area (Å²) >= 11 is 0. The van der Waals surface area contributed by atoms with E-state index in [4.69, 9.17) is 9.47 Å². The predicted molar refractivity (Wildman–Crippen MR) is 99.5 cm³/mol. The Morgan fingerprint density at radius 1 is 1.16 bits per heavy atom. The molecule has 0 spiro atoms. The van der Waals surface area contributed by atoms with Gasteiger partial charge >= 0.3 is 0 Å². The number of nitriles is 1. The largest absolute Gasteiger partial charge is 0.493 e. The van der Waals surface area contributed by atoms with E-state index < -0.39 is 0 Å². The highest BCUT2D eigenvalue weighted by Crippen LogP contribution is 2.27. The first-order valence-electron chi connectivity index (χ1n) is 8.95. The average molecular weight is 344 g/mol. The van der Waals surface area contributed by atoms with Crippen molar-refractivity contribution < 1.29 is 14.3 Å². The molecule has 0 saturated carbocycles. The van der Waals surface area contributed by atoms with Gasteiger partial charge in [-0.2, -0.15) is 5.26 Å². The van der Waals surface area contributed by atoms with E-state index in [1.54, 1.807) is 12.1 Å². The quantitative estimate of drug-likeness (QED) is 0.373. The van der Waals surface area contributed by atoms with Crippen molar-refractivity contribution in [3.63, 3.8) is 0 Å². The minimum absolute atomic E-state index is 0.0691. The van der Waals surface area contributed by atoms with Gasteiger partial charge in [0.15, 0.2) is 0 Å². The van der Waals surface area contributed by atoms with Crippen molar-refractivity contribution in [1.82, 2.24) is 5.32 Å². The van der Waals surface area contributed by atoms with Crippen molar-refractivity contribution in [3.8, 4) is 17.6 Å². The van der Waals surface area contributed by atoms with Crippen molar-refractivity contribution in [1.29, 1.82) is 5.26 Å². The molecule has 1 N–H and O–H groups in total. The minimum Gasteiger partial charge on any atom is -0.493 e. The lowest BCUT2D eigenvalue weighted by molar-refractivity contribution is -0.117. The van der Waals surface area contributed by atoms with E-state index in [2.05, 4.69) is 5.32 Å². The molecule has 5 nitrogen and oxygen atoms in total. The summed E-state index contributed by atoms with van der Waals surface area (Å²) in [6.45, 7) is 7.87. The van der Waals surface area contributed by atoms with Gasteiger partial charge in [-0.05, 0) is 37.5 Å². The molecule has 136 valence electrons. The lowest BCUT2D eigenvalue weighted by Gasteiger charge is -2.12. The molecule has 25 heavy (non-hydrogen) atoms. The Balaban J connectivity index is 3.02. The number of carbonyl (C=O) groups is 1. The molecule has 0 heterocycles. The molecule has 1 aromatic rings. The minimum atomic E-state index is -0.358. The number of nitrogens with one attached hydrogen (secondary N) is 1. The molecule has 0 aliphatic carbocycles. The Kier molecular flexibility index (Phi) is 9.84. The van der Waals surface area contributed by atoms with Gasteiger partial charge in [0.05, 0.1) is 13.2 Å². The molecule has 1 rings (SSSR count). The Labute approximate surface area is 150 Å². The van der Waals surface area contributed by atoms with Crippen LogP contribution in [0.15, 0.2) is 23.8 Å². The lowest BCUT2D eigenvalue weighted by Crippen LogP contribution is -2.25. The van der Waals surface area contributed by atoms with Crippen LogP contribution < -0.4 is 14.8 Å². The van der Waals surface area contributed by atoms with Crippen molar-refractivity contribution >= 4 is 12.0 Å². The molecule has 0 atom stereocenters. The fourth-order valence-corrected chi connectivity index (χ4v) is 2.06. The number of benzene rings is 1. The number of carbonyl (C=O) groups excluding carboxylic acids is 1. The molecule has 0 aromatic heterocycles. The summed E-state index contributed by atoms with van der Waals surface area (Å²) in [5.41, 5.74) is 0.763. The van der Waals surface area contributed by atoms with E-state index in [1.165, 1.54) is 0 Å². The second-order valence-electron chi connectivity index (χ2n) is 5.68. The van der Waals surface area contributed by atoms with Crippen LogP contribution in [0.3, 0.4) is 0 Å². The normalized spacial score (nSPS) is 10.9. The zero-order valence-electron chi connectivity index (χ0n) is 15.4. The second kappa shape index (κ2) is 12.0. The summed E-state index contributed by atoms with van der Waals surface area (Å²) in [5, 5.41) is 12.1. The van der Waals surface area contributed by atoms with Crippen LogP contribution in [0.5, 0.6) is 11.5 Å². The SMILES string of the molecule is CCCCNC(=O)/C(C#N)=C/c1ccc(OCCC)cc1OCCC. The van der Waals surface area contributed by atoms with Crippen LogP contribution in [0.1, 0.15) is 52.0 Å². The molecule has 0 bridgehead atoms.